The van der Waals surface area contributed by atoms with Gasteiger partial charge in [-0.25, -0.2) is 4.63 Å². The molecule has 0 radical (unpaired) electrons. The first-order valence-electron chi connectivity index (χ1n) is 6.84. The molecule has 126 valence electrons. The monoisotopic (exact) mass is 343 g/mol. The minimum atomic E-state index is -0.801. The van der Waals surface area contributed by atoms with Crippen LogP contribution in [-0.4, -0.2) is 25.9 Å². The van der Waals surface area contributed by atoms with E-state index >= 15 is 0 Å². The summed E-state index contributed by atoms with van der Waals surface area (Å²) in [4.78, 5) is 32.1. The van der Waals surface area contributed by atoms with Crippen molar-refractivity contribution in [2.45, 2.75) is 6.92 Å². The van der Waals surface area contributed by atoms with Crippen molar-refractivity contribution in [3.63, 3.8) is 0 Å². The summed E-state index contributed by atoms with van der Waals surface area (Å²) in [5.74, 6) is -0.129. The van der Waals surface area contributed by atoms with E-state index in [2.05, 4.69) is 20.3 Å². The molecule has 3 aromatic rings. The standard InChI is InChI=1S/C14H9N5O6/c1-7(20)8-2-4-9(5-3-8)15-12-10(18(21)22)6-11(19(23)24)13-14(12)17-25-16-13/h2-6,15H,1H3. The molecule has 3 rings (SSSR count). The Kier molecular flexibility index (Phi) is 3.81. The summed E-state index contributed by atoms with van der Waals surface area (Å²) in [7, 11) is 0. The molecular formula is C14H9N5O6. The fourth-order valence-electron chi connectivity index (χ4n) is 2.25. The van der Waals surface area contributed by atoms with Crippen molar-refractivity contribution in [3.05, 3.63) is 56.1 Å². The summed E-state index contributed by atoms with van der Waals surface area (Å²) in [6, 6.07) is 6.96. The van der Waals surface area contributed by atoms with Crippen molar-refractivity contribution in [1.29, 1.82) is 0 Å². The zero-order valence-electron chi connectivity index (χ0n) is 12.6. The molecule has 0 bridgehead atoms. The molecule has 11 nitrogen and oxygen atoms in total. The number of carbonyl (C=O) groups is 1. The number of ketones is 1. The summed E-state index contributed by atoms with van der Waals surface area (Å²) in [6.45, 7) is 1.41. The SMILES string of the molecule is CC(=O)c1ccc(Nc2c([N+](=O)[O-])cc([N+](=O)[O-])c3nonc23)cc1. The predicted octanol–water partition coefficient (Wildman–Crippen LogP) is 2.99. The lowest BCUT2D eigenvalue weighted by Crippen LogP contribution is -2.01. The number of carbonyl (C=O) groups excluding carboxylic acids is 1. The van der Waals surface area contributed by atoms with Crippen molar-refractivity contribution in [1.82, 2.24) is 10.3 Å². The van der Waals surface area contributed by atoms with Crippen LogP contribution >= 0.6 is 0 Å². The largest absolute Gasteiger partial charge is 0.348 e. The number of aromatic nitrogens is 2. The van der Waals surface area contributed by atoms with E-state index in [1.807, 2.05) is 0 Å². The number of benzene rings is 2. The molecule has 0 amide bonds. The number of fused-ring (bicyclic) bond motifs is 1. The average molecular weight is 343 g/mol. The number of rotatable bonds is 5. The van der Waals surface area contributed by atoms with Crippen LogP contribution in [0.3, 0.4) is 0 Å². The van der Waals surface area contributed by atoms with E-state index in [-0.39, 0.29) is 22.5 Å². The van der Waals surface area contributed by atoms with Gasteiger partial charge in [0.15, 0.2) is 11.3 Å². The van der Waals surface area contributed by atoms with Crippen molar-refractivity contribution < 1.29 is 19.3 Å². The normalized spacial score (nSPS) is 10.6. The van der Waals surface area contributed by atoms with E-state index in [1.165, 1.54) is 6.92 Å². The lowest BCUT2D eigenvalue weighted by molar-refractivity contribution is -0.392. The highest BCUT2D eigenvalue weighted by Crippen LogP contribution is 2.39. The second kappa shape index (κ2) is 5.96. The number of anilines is 2. The van der Waals surface area contributed by atoms with Gasteiger partial charge in [0.1, 0.15) is 5.69 Å². The van der Waals surface area contributed by atoms with E-state index in [1.54, 1.807) is 24.3 Å². The summed E-state index contributed by atoms with van der Waals surface area (Å²) in [6.07, 6.45) is 0. The molecule has 0 saturated heterocycles. The highest BCUT2D eigenvalue weighted by atomic mass is 16.6. The lowest BCUT2D eigenvalue weighted by Gasteiger charge is -2.08. The minimum absolute atomic E-state index is 0.0950. The molecule has 0 aliphatic rings. The number of nitrogens with zero attached hydrogens (tertiary/aromatic N) is 4. The van der Waals surface area contributed by atoms with Gasteiger partial charge in [-0.3, -0.25) is 25.0 Å². The van der Waals surface area contributed by atoms with Gasteiger partial charge in [-0.05, 0) is 41.5 Å². The first-order chi connectivity index (χ1) is 11.9. The molecule has 0 aliphatic carbocycles. The quantitative estimate of drug-likeness (QED) is 0.418. The first kappa shape index (κ1) is 16.0. The van der Waals surface area contributed by atoms with Crippen molar-refractivity contribution in [2.75, 3.05) is 5.32 Å². The van der Waals surface area contributed by atoms with Crippen molar-refractivity contribution >= 4 is 39.6 Å². The maximum absolute atomic E-state index is 11.3. The molecule has 0 spiro atoms. The molecule has 1 heterocycles. The summed E-state index contributed by atoms with van der Waals surface area (Å²) < 4.78 is 4.51. The van der Waals surface area contributed by atoms with Gasteiger partial charge in [0.2, 0.25) is 5.52 Å². The molecule has 1 N–H and O–H groups in total. The van der Waals surface area contributed by atoms with Gasteiger partial charge in [0.25, 0.3) is 0 Å². The Morgan fingerprint density at radius 3 is 2.20 bits per heavy atom. The third-order valence-electron chi connectivity index (χ3n) is 3.45. The fourth-order valence-corrected chi connectivity index (χ4v) is 2.25. The van der Waals surface area contributed by atoms with E-state index in [0.29, 0.717) is 11.3 Å². The zero-order valence-corrected chi connectivity index (χ0v) is 12.6. The Hall–Kier alpha value is -3.89. The van der Waals surface area contributed by atoms with Crippen LogP contribution in [0.25, 0.3) is 11.0 Å². The van der Waals surface area contributed by atoms with Crippen LogP contribution in [0.2, 0.25) is 0 Å². The second-order valence-electron chi connectivity index (χ2n) is 5.02. The molecule has 0 aliphatic heterocycles. The maximum Gasteiger partial charge on any atom is 0.307 e. The van der Waals surface area contributed by atoms with E-state index in [0.717, 1.165) is 6.07 Å². The van der Waals surface area contributed by atoms with Gasteiger partial charge in [0.05, 0.1) is 15.9 Å². The summed E-state index contributed by atoms with van der Waals surface area (Å²) >= 11 is 0. The van der Waals surface area contributed by atoms with Crippen LogP contribution in [0.5, 0.6) is 0 Å². The highest BCUT2D eigenvalue weighted by Gasteiger charge is 2.29. The molecule has 0 atom stereocenters. The van der Waals surface area contributed by atoms with Crippen molar-refractivity contribution in [3.8, 4) is 0 Å². The summed E-state index contributed by atoms with van der Waals surface area (Å²) in [5.41, 5.74) is -0.688. The van der Waals surface area contributed by atoms with Gasteiger partial charge in [-0.15, -0.1) is 0 Å². The van der Waals surface area contributed by atoms with E-state index in [9.17, 15) is 25.0 Å². The molecule has 0 unspecified atom stereocenters. The molecule has 0 saturated carbocycles. The number of hydrogen-bond acceptors (Lipinski definition) is 9. The fraction of sp³-hybridized carbons (Fsp3) is 0.0714. The van der Waals surface area contributed by atoms with Gasteiger partial charge < -0.3 is 5.32 Å². The van der Waals surface area contributed by atoms with Crippen LogP contribution in [0, 0.1) is 20.2 Å². The van der Waals surface area contributed by atoms with Gasteiger partial charge in [0, 0.05) is 11.3 Å². The lowest BCUT2D eigenvalue weighted by atomic mass is 10.1. The van der Waals surface area contributed by atoms with Crippen LogP contribution in [0.4, 0.5) is 22.7 Å². The predicted molar refractivity (Wildman–Crippen MR) is 84.8 cm³/mol. The number of hydrogen-bond donors (Lipinski definition) is 1. The van der Waals surface area contributed by atoms with Crippen LogP contribution in [0.15, 0.2) is 35.0 Å². The van der Waals surface area contributed by atoms with Crippen LogP contribution in [-0.2, 0) is 0 Å². The Morgan fingerprint density at radius 1 is 1.04 bits per heavy atom. The molecule has 1 aromatic heterocycles. The molecular weight excluding hydrogens is 334 g/mol. The Balaban J connectivity index is 2.14. The minimum Gasteiger partial charge on any atom is -0.348 e. The smallest absolute Gasteiger partial charge is 0.307 e. The number of non-ortho nitro benzene ring substituents is 1. The zero-order chi connectivity index (χ0) is 18.1. The molecule has 2 aromatic carbocycles. The number of Topliss-reactive ketones (excluding diaryl/α,β-unsaturated/α-hetero) is 1. The average Bonchev–Trinajstić information content (AvgIpc) is 3.04. The number of nitro benzene ring substituents is 2. The van der Waals surface area contributed by atoms with Gasteiger partial charge >= 0.3 is 11.4 Å². The Labute approximate surface area is 138 Å². The van der Waals surface area contributed by atoms with Crippen molar-refractivity contribution in [2.24, 2.45) is 0 Å². The second-order valence-corrected chi connectivity index (χ2v) is 5.02. The van der Waals surface area contributed by atoms with E-state index < -0.39 is 21.2 Å². The third-order valence-corrected chi connectivity index (χ3v) is 3.45. The van der Waals surface area contributed by atoms with Crippen LogP contribution < -0.4 is 5.32 Å². The number of nitro groups is 2. The summed E-state index contributed by atoms with van der Waals surface area (Å²) in [5, 5.41) is 32.2. The topological polar surface area (TPSA) is 154 Å². The Bertz CT molecular complexity index is 1010. The van der Waals surface area contributed by atoms with E-state index in [4.69, 9.17) is 0 Å². The first-order valence-corrected chi connectivity index (χ1v) is 6.84. The molecule has 0 fully saturated rings. The molecule has 25 heavy (non-hydrogen) atoms. The van der Waals surface area contributed by atoms with Crippen LogP contribution in [0.1, 0.15) is 17.3 Å². The van der Waals surface area contributed by atoms with Gasteiger partial charge in [-0.2, -0.15) is 0 Å². The molecule has 11 heteroatoms. The highest BCUT2D eigenvalue weighted by molar-refractivity contribution is 6.00. The Morgan fingerprint density at radius 2 is 1.64 bits per heavy atom. The maximum atomic E-state index is 11.3. The third kappa shape index (κ3) is 2.85. The van der Waals surface area contributed by atoms with Gasteiger partial charge in [-0.1, -0.05) is 0 Å². The number of nitrogens with one attached hydrogen (secondary N) is 1.